The molecular formula is C20H35IN4O4S. The molecule has 1 aliphatic rings. The van der Waals surface area contributed by atoms with E-state index >= 15 is 0 Å². The van der Waals surface area contributed by atoms with Crippen molar-refractivity contribution in [1.29, 1.82) is 0 Å². The highest BCUT2D eigenvalue weighted by molar-refractivity contribution is 14.0. The normalized spacial score (nSPS) is 15.9. The molecule has 2 N–H and O–H groups in total. The molecule has 0 saturated carbocycles. The van der Waals surface area contributed by atoms with Gasteiger partial charge in [-0.25, -0.2) is 17.7 Å². The van der Waals surface area contributed by atoms with Gasteiger partial charge in [-0.05, 0) is 51.3 Å². The number of halogens is 1. The molecule has 0 spiro atoms. The first-order chi connectivity index (χ1) is 13.9. The first kappa shape index (κ1) is 26.8. The molecule has 1 aromatic carbocycles. The predicted octanol–water partition coefficient (Wildman–Crippen LogP) is 2.58. The Hall–Kier alpha value is -1.27. The lowest BCUT2D eigenvalue weighted by Crippen LogP contribution is -2.50. The number of guanidine groups is 1. The molecule has 0 bridgehead atoms. The van der Waals surface area contributed by atoms with E-state index in [9.17, 15) is 8.42 Å². The lowest BCUT2D eigenvalue weighted by Gasteiger charge is -2.32. The standard InChI is InChI=1S/C20H34N4O4S.HI/c1-5-21-20(23-17-10-12-24(13-11-17)29(25,26)7-3)22-15-16-8-9-18(27-4)19(14-16)28-6-2;/h8-9,14,17H,5-7,10-13,15H2,1-4H3,(H2,21,22,23);1H. The van der Waals surface area contributed by atoms with Crippen LogP contribution in [0.2, 0.25) is 0 Å². The molecule has 1 saturated heterocycles. The molecule has 10 heteroatoms. The van der Waals surface area contributed by atoms with E-state index in [0.717, 1.165) is 30.9 Å². The first-order valence-electron chi connectivity index (χ1n) is 10.3. The van der Waals surface area contributed by atoms with Gasteiger partial charge in [-0.2, -0.15) is 0 Å². The molecule has 0 aromatic heterocycles. The largest absolute Gasteiger partial charge is 0.493 e. The Kier molecular flexibility index (Phi) is 11.8. The molecule has 30 heavy (non-hydrogen) atoms. The number of hydrogen-bond acceptors (Lipinski definition) is 5. The van der Waals surface area contributed by atoms with Gasteiger partial charge in [0.1, 0.15) is 0 Å². The zero-order valence-electron chi connectivity index (χ0n) is 18.3. The minimum Gasteiger partial charge on any atom is -0.493 e. The monoisotopic (exact) mass is 554 g/mol. The number of aliphatic imine (C=N–C) groups is 1. The van der Waals surface area contributed by atoms with Gasteiger partial charge in [-0.15, -0.1) is 24.0 Å². The summed E-state index contributed by atoms with van der Waals surface area (Å²) in [7, 11) is -1.48. The van der Waals surface area contributed by atoms with E-state index in [1.54, 1.807) is 18.3 Å². The number of methoxy groups -OCH3 is 1. The second-order valence-electron chi connectivity index (χ2n) is 6.83. The SMILES string of the molecule is CCNC(=NCc1ccc(OC)c(OCC)c1)NC1CCN(S(=O)(=O)CC)CC1.I. The van der Waals surface area contributed by atoms with Crippen molar-refractivity contribution in [2.75, 3.05) is 39.1 Å². The number of piperidine rings is 1. The second kappa shape index (κ2) is 13.2. The minimum absolute atomic E-state index is 0. The summed E-state index contributed by atoms with van der Waals surface area (Å²) in [6.45, 7) is 8.56. The van der Waals surface area contributed by atoms with Crippen LogP contribution < -0.4 is 20.1 Å². The van der Waals surface area contributed by atoms with Crippen LogP contribution in [0.4, 0.5) is 0 Å². The Bertz CT molecular complexity index is 781. The molecule has 0 amide bonds. The molecule has 1 heterocycles. The summed E-state index contributed by atoms with van der Waals surface area (Å²) in [6.07, 6.45) is 1.53. The Morgan fingerprint density at radius 1 is 1.20 bits per heavy atom. The van der Waals surface area contributed by atoms with Gasteiger partial charge in [0.05, 0.1) is 26.0 Å². The average Bonchev–Trinajstić information content (AvgIpc) is 2.73. The molecule has 0 atom stereocenters. The maximum Gasteiger partial charge on any atom is 0.213 e. The van der Waals surface area contributed by atoms with E-state index in [-0.39, 0.29) is 35.8 Å². The summed E-state index contributed by atoms with van der Waals surface area (Å²) in [5.41, 5.74) is 1.02. The van der Waals surface area contributed by atoms with Crippen LogP contribution in [0.1, 0.15) is 39.2 Å². The number of rotatable bonds is 9. The second-order valence-corrected chi connectivity index (χ2v) is 9.09. The van der Waals surface area contributed by atoms with Crippen molar-refractivity contribution in [3.63, 3.8) is 0 Å². The van der Waals surface area contributed by atoms with Gasteiger partial charge in [0.15, 0.2) is 17.5 Å². The van der Waals surface area contributed by atoms with Crippen LogP contribution >= 0.6 is 24.0 Å². The number of nitrogens with one attached hydrogen (secondary N) is 2. The van der Waals surface area contributed by atoms with Gasteiger partial charge in [-0.3, -0.25) is 0 Å². The van der Waals surface area contributed by atoms with Gasteiger partial charge in [0, 0.05) is 25.7 Å². The Morgan fingerprint density at radius 3 is 2.47 bits per heavy atom. The summed E-state index contributed by atoms with van der Waals surface area (Å²) in [6, 6.07) is 6.01. The van der Waals surface area contributed by atoms with Crippen LogP contribution in [0.3, 0.4) is 0 Å². The van der Waals surface area contributed by atoms with Crippen LogP contribution in [0, 0.1) is 0 Å². The van der Waals surface area contributed by atoms with E-state index in [4.69, 9.17) is 9.47 Å². The fourth-order valence-corrected chi connectivity index (χ4v) is 4.36. The maximum absolute atomic E-state index is 12.0. The highest BCUT2D eigenvalue weighted by Crippen LogP contribution is 2.28. The highest BCUT2D eigenvalue weighted by atomic mass is 127. The number of sulfonamides is 1. The summed E-state index contributed by atoms with van der Waals surface area (Å²) >= 11 is 0. The summed E-state index contributed by atoms with van der Waals surface area (Å²) in [4.78, 5) is 4.68. The number of hydrogen-bond donors (Lipinski definition) is 2. The predicted molar refractivity (Wildman–Crippen MR) is 132 cm³/mol. The van der Waals surface area contributed by atoms with Crippen molar-refractivity contribution in [2.24, 2.45) is 4.99 Å². The molecule has 0 aliphatic carbocycles. The summed E-state index contributed by atoms with van der Waals surface area (Å²) in [5.74, 6) is 2.31. The number of ether oxygens (including phenoxy) is 2. The molecule has 0 unspecified atom stereocenters. The van der Waals surface area contributed by atoms with Gasteiger partial charge in [-0.1, -0.05) is 6.07 Å². The van der Waals surface area contributed by atoms with Gasteiger partial charge < -0.3 is 20.1 Å². The smallest absolute Gasteiger partial charge is 0.213 e. The zero-order valence-corrected chi connectivity index (χ0v) is 21.5. The molecule has 1 fully saturated rings. The Morgan fingerprint density at radius 2 is 1.90 bits per heavy atom. The third kappa shape index (κ3) is 7.77. The van der Waals surface area contributed by atoms with Crippen LogP contribution in [-0.2, 0) is 16.6 Å². The molecule has 2 rings (SSSR count). The molecular weight excluding hydrogens is 519 g/mol. The molecule has 1 aliphatic heterocycles. The average molecular weight is 554 g/mol. The Balaban J connectivity index is 0.00000450. The Labute approximate surface area is 197 Å². The van der Waals surface area contributed by atoms with Crippen LogP contribution in [-0.4, -0.2) is 63.8 Å². The lowest BCUT2D eigenvalue weighted by atomic mass is 10.1. The van der Waals surface area contributed by atoms with Crippen LogP contribution in [0.25, 0.3) is 0 Å². The third-order valence-electron chi connectivity index (χ3n) is 4.84. The highest BCUT2D eigenvalue weighted by Gasteiger charge is 2.27. The quantitative estimate of drug-likeness (QED) is 0.277. The van der Waals surface area contributed by atoms with Crippen LogP contribution in [0.5, 0.6) is 11.5 Å². The first-order valence-corrected chi connectivity index (χ1v) is 11.9. The summed E-state index contributed by atoms with van der Waals surface area (Å²) in [5, 5.41) is 6.71. The van der Waals surface area contributed by atoms with Crippen molar-refractivity contribution >= 4 is 40.0 Å². The molecule has 1 aromatic rings. The molecule has 8 nitrogen and oxygen atoms in total. The van der Waals surface area contributed by atoms with Crippen molar-refractivity contribution < 1.29 is 17.9 Å². The van der Waals surface area contributed by atoms with E-state index in [2.05, 4.69) is 15.6 Å². The molecule has 0 radical (unpaired) electrons. The van der Waals surface area contributed by atoms with E-state index in [0.29, 0.717) is 37.7 Å². The van der Waals surface area contributed by atoms with Gasteiger partial charge in [0.2, 0.25) is 10.0 Å². The number of benzene rings is 1. The fraction of sp³-hybridized carbons (Fsp3) is 0.650. The van der Waals surface area contributed by atoms with Gasteiger partial charge >= 0.3 is 0 Å². The van der Waals surface area contributed by atoms with Gasteiger partial charge in [0.25, 0.3) is 0 Å². The third-order valence-corrected chi connectivity index (χ3v) is 6.73. The summed E-state index contributed by atoms with van der Waals surface area (Å²) < 4.78 is 36.6. The maximum atomic E-state index is 12.0. The zero-order chi connectivity index (χ0) is 21.3. The van der Waals surface area contributed by atoms with E-state index < -0.39 is 10.0 Å². The number of nitrogens with zero attached hydrogens (tertiary/aromatic N) is 2. The fourth-order valence-electron chi connectivity index (χ4n) is 3.23. The lowest BCUT2D eigenvalue weighted by molar-refractivity contribution is 0.306. The van der Waals surface area contributed by atoms with E-state index in [1.165, 1.54) is 0 Å². The van der Waals surface area contributed by atoms with Crippen molar-refractivity contribution in [3.8, 4) is 11.5 Å². The van der Waals surface area contributed by atoms with Crippen molar-refractivity contribution in [2.45, 2.75) is 46.2 Å². The topological polar surface area (TPSA) is 92.3 Å². The van der Waals surface area contributed by atoms with Crippen LogP contribution in [0.15, 0.2) is 23.2 Å². The minimum atomic E-state index is -3.11. The van der Waals surface area contributed by atoms with Crippen molar-refractivity contribution in [3.05, 3.63) is 23.8 Å². The molecule has 172 valence electrons. The van der Waals surface area contributed by atoms with E-state index in [1.807, 2.05) is 32.0 Å². The van der Waals surface area contributed by atoms with Crippen molar-refractivity contribution in [1.82, 2.24) is 14.9 Å².